The fraction of sp³-hybridized carbons (Fsp3) is 0.357. The van der Waals surface area contributed by atoms with Gasteiger partial charge in [0.25, 0.3) is 0 Å². The Hall–Kier alpha value is -2.78. The van der Waals surface area contributed by atoms with Crippen LogP contribution in [0.5, 0.6) is 0 Å². The van der Waals surface area contributed by atoms with Crippen molar-refractivity contribution >= 4 is 23.5 Å². The topological polar surface area (TPSA) is 92.9 Å². The number of hydrogen-bond acceptors (Lipinski definition) is 4. The third-order valence-corrected chi connectivity index (χ3v) is 2.78. The summed E-state index contributed by atoms with van der Waals surface area (Å²) in [6.45, 7) is 4.82. The molecule has 24 heavy (non-hydrogen) atoms. The first kappa shape index (κ1) is 17.6. The number of anilines is 1. The van der Waals surface area contributed by atoms with Crippen molar-refractivity contribution in [3.05, 3.63) is 29.6 Å². The number of amides is 1. The Balaban J connectivity index is 2.49. The van der Waals surface area contributed by atoms with Gasteiger partial charge in [-0.15, -0.1) is 0 Å². The van der Waals surface area contributed by atoms with Gasteiger partial charge < -0.3 is 9.84 Å². The smallest absolute Gasteiger partial charge is 0.416 e. The van der Waals surface area contributed by atoms with Crippen LogP contribution in [-0.2, 0) is 10.9 Å². The zero-order chi connectivity index (χ0) is 18.3. The Labute approximate surface area is 134 Å². The van der Waals surface area contributed by atoms with E-state index in [4.69, 9.17) is 9.84 Å². The molecule has 0 radical (unpaired) electrons. The minimum Gasteiger partial charge on any atom is -0.476 e. The molecule has 0 aliphatic heterocycles. The number of nitrogens with zero attached hydrogens (tertiary/aromatic N) is 2. The fourth-order valence-electron chi connectivity index (χ4n) is 1.89. The molecular formula is C14H14F3N3O4. The van der Waals surface area contributed by atoms with Crippen molar-refractivity contribution in [1.82, 2.24) is 9.38 Å². The van der Waals surface area contributed by atoms with Crippen LogP contribution in [0, 0.1) is 0 Å². The van der Waals surface area contributed by atoms with E-state index in [1.807, 2.05) is 0 Å². The van der Waals surface area contributed by atoms with E-state index in [1.54, 1.807) is 20.8 Å². The molecule has 7 nitrogen and oxygen atoms in total. The first-order chi connectivity index (χ1) is 10.9. The molecule has 0 fully saturated rings. The quantitative estimate of drug-likeness (QED) is 0.870. The Kier molecular flexibility index (Phi) is 4.17. The molecule has 1 amide bonds. The highest BCUT2D eigenvalue weighted by Gasteiger charge is 2.32. The standard InChI is InChI=1S/C14H14F3N3O4/c1-13(2,3)24-12(23)19-10-9(11(21)22)18-8-6-7(14(15,16)17)4-5-20(8)10/h4-6H,1-3H3,(H,19,23)(H,21,22). The van der Waals surface area contributed by atoms with Crippen LogP contribution in [0.25, 0.3) is 5.65 Å². The van der Waals surface area contributed by atoms with Gasteiger partial charge in [0.1, 0.15) is 11.2 Å². The molecule has 0 saturated carbocycles. The maximum absolute atomic E-state index is 12.7. The van der Waals surface area contributed by atoms with Crippen molar-refractivity contribution < 1.29 is 32.6 Å². The zero-order valence-electron chi connectivity index (χ0n) is 12.9. The van der Waals surface area contributed by atoms with Crippen molar-refractivity contribution in [2.24, 2.45) is 0 Å². The maximum Gasteiger partial charge on any atom is 0.416 e. The molecule has 10 heteroatoms. The predicted molar refractivity (Wildman–Crippen MR) is 77.0 cm³/mol. The van der Waals surface area contributed by atoms with Crippen molar-refractivity contribution in [2.45, 2.75) is 32.5 Å². The number of carboxylic acid groups (broad SMARTS) is 1. The Morgan fingerprint density at radius 3 is 2.42 bits per heavy atom. The van der Waals surface area contributed by atoms with Gasteiger partial charge in [0.15, 0.2) is 11.5 Å². The number of fused-ring (bicyclic) bond motifs is 1. The molecule has 0 spiro atoms. The molecule has 2 aromatic heterocycles. The highest BCUT2D eigenvalue weighted by molar-refractivity contribution is 5.97. The second kappa shape index (κ2) is 5.69. The number of nitrogens with one attached hydrogen (secondary N) is 1. The summed E-state index contributed by atoms with van der Waals surface area (Å²) in [6.07, 6.45) is -4.58. The van der Waals surface area contributed by atoms with Crippen molar-refractivity contribution in [3.63, 3.8) is 0 Å². The van der Waals surface area contributed by atoms with E-state index < -0.39 is 35.1 Å². The van der Waals surface area contributed by atoms with Gasteiger partial charge in [-0.25, -0.2) is 14.6 Å². The summed E-state index contributed by atoms with van der Waals surface area (Å²) >= 11 is 0. The van der Waals surface area contributed by atoms with Crippen molar-refractivity contribution in [3.8, 4) is 0 Å². The number of rotatable bonds is 2. The fourth-order valence-corrected chi connectivity index (χ4v) is 1.89. The first-order valence-corrected chi connectivity index (χ1v) is 6.71. The summed E-state index contributed by atoms with van der Waals surface area (Å²) in [5.74, 6) is -1.79. The average molecular weight is 345 g/mol. The van der Waals surface area contributed by atoms with Crippen LogP contribution < -0.4 is 5.32 Å². The van der Waals surface area contributed by atoms with Gasteiger partial charge in [0.05, 0.1) is 5.56 Å². The lowest BCUT2D eigenvalue weighted by Crippen LogP contribution is -2.28. The van der Waals surface area contributed by atoms with Gasteiger partial charge in [-0.2, -0.15) is 13.2 Å². The second-order valence-electron chi connectivity index (χ2n) is 5.88. The van der Waals surface area contributed by atoms with Crippen LogP contribution in [-0.4, -0.2) is 32.2 Å². The van der Waals surface area contributed by atoms with Crippen molar-refractivity contribution in [1.29, 1.82) is 0 Å². The monoisotopic (exact) mass is 345 g/mol. The second-order valence-corrected chi connectivity index (χ2v) is 5.88. The van der Waals surface area contributed by atoms with E-state index in [0.29, 0.717) is 6.07 Å². The molecule has 130 valence electrons. The molecule has 0 bridgehead atoms. The summed E-state index contributed by atoms with van der Waals surface area (Å²) in [6, 6.07) is 1.44. The van der Waals surface area contributed by atoms with Gasteiger partial charge in [-0.1, -0.05) is 0 Å². The van der Waals surface area contributed by atoms with Gasteiger partial charge in [0, 0.05) is 6.20 Å². The number of imidazole rings is 1. The van der Waals surface area contributed by atoms with Crippen LogP contribution in [0.4, 0.5) is 23.8 Å². The molecule has 0 atom stereocenters. The molecule has 0 aliphatic rings. The third-order valence-electron chi connectivity index (χ3n) is 2.78. The molecule has 2 N–H and O–H groups in total. The normalized spacial score (nSPS) is 12.2. The van der Waals surface area contributed by atoms with Gasteiger partial charge in [0.2, 0.25) is 0 Å². The first-order valence-electron chi connectivity index (χ1n) is 6.71. The van der Waals surface area contributed by atoms with Crippen LogP contribution in [0.3, 0.4) is 0 Å². The molecule has 2 aromatic rings. The lowest BCUT2D eigenvalue weighted by atomic mass is 10.2. The van der Waals surface area contributed by atoms with E-state index in [9.17, 15) is 22.8 Å². The number of ether oxygens (including phenoxy) is 1. The van der Waals surface area contributed by atoms with Crippen LogP contribution in [0.1, 0.15) is 36.8 Å². The lowest BCUT2D eigenvalue weighted by molar-refractivity contribution is -0.137. The van der Waals surface area contributed by atoms with E-state index in [0.717, 1.165) is 16.7 Å². The van der Waals surface area contributed by atoms with Gasteiger partial charge >= 0.3 is 18.2 Å². The van der Waals surface area contributed by atoms with E-state index >= 15 is 0 Å². The van der Waals surface area contributed by atoms with Gasteiger partial charge in [-0.3, -0.25) is 9.72 Å². The van der Waals surface area contributed by atoms with Crippen molar-refractivity contribution in [2.75, 3.05) is 5.32 Å². The summed E-state index contributed by atoms with van der Waals surface area (Å²) in [4.78, 5) is 26.7. The number of carbonyl (C=O) groups excluding carboxylic acids is 1. The number of aromatic nitrogens is 2. The van der Waals surface area contributed by atoms with Gasteiger partial charge in [-0.05, 0) is 32.9 Å². The maximum atomic E-state index is 12.7. The number of alkyl halides is 3. The molecule has 0 saturated heterocycles. The largest absolute Gasteiger partial charge is 0.476 e. The highest BCUT2D eigenvalue weighted by atomic mass is 19.4. The highest BCUT2D eigenvalue weighted by Crippen LogP contribution is 2.31. The molecule has 0 aliphatic carbocycles. The van der Waals surface area contributed by atoms with Crippen LogP contribution in [0.15, 0.2) is 18.3 Å². The number of carbonyl (C=O) groups is 2. The minimum absolute atomic E-state index is 0.270. The van der Waals surface area contributed by atoms with E-state index in [2.05, 4.69) is 10.3 Å². The number of carboxylic acids is 1. The van der Waals surface area contributed by atoms with Crippen LogP contribution in [0.2, 0.25) is 0 Å². The molecule has 2 rings (SSSR count). The lowest BCUT2D eigenvalue weighted by Gasteiger charge is -2.19. The molecule has 0 aromatic carbocycles. The Morgan fingerprint density at radius 2 is 1.92 bits per heavy atom. The number of aromatic carboxylic acids is 1. The zero-order valence-corrected chi connectivity index (χ0v) is 12.9. The summed E-state index contributed by atoms with van der Waals surface area (Å²) in [5.41, 5.74) is -2.69. The number of hydrogen-bond donors (Lipinski definition) is 2. The summed E-state index contributed by atoms with van der Waals surface area (Å²) < 4.78 is 44.2. The SMILES string of the molecule is CC(C)(C)OC(=O)Nc1c(C(=O)O)nc2cc(C(F)(F)F)ccn12. The van der Waals surface area contributed by atoms with Crippen LogP contribution >= 0.6 is 0 Å². The molecule has 2 heterocycles. The predicted octanol–water partition coefficient (Wildman–Crippen LogP) is 3.40. The average Bonchev–Trinajstić information content (AvgIpc) is 2.73. The number of halogens is 3. The Bertz CT molecular complexity index is 806. The third kappa shape index (κ3) is 3.76. The molecule has 0 unspecified atom stereocenters. The van der Waals surface area contributed by atoms with E-state index in [1.165, 1.54) is 0 Å². The summed E-state index contributed by atoms with van der Waals surface area (Å²) in [7, 11) is 0. The van der Waals surface area contributed by atoms with E-state index in [-0.39, 0.29) is 11.5 Å². The molecular weight excluding hydrogens is 331 g/mol. The Morgan fingerprint density at radius 1 is 1.29 bits per heavy atom. The summed E-state index contributed by atoms with van der Waals surface area (Å²) in [5, 5.41) is 11.4. The number of pyridine rings is 1. The minimum atomic E-state index is -4.60.